The summed E-state index contributed by atoms with van der Waals surface area (Å²) in [5.41, 5.74) is 0. The first-order valence-corrected chi connectivity index (χ1v) is 5.38. The van der Waals surface area contributed by atoms with Crippen molar-refractivity contribution >= 4 is 0 Å². The molecule has 1 unspecified atom stereocenters. The molecule has 4 heteroatoms. The molecule has 0 rings (SSSR count). The third kappa shape index (κ3) is 8.48. The maximum atomic E-state index is 11.8. The van der Waals surface area contributed by atoms with E-state index in [0.29, 0.717) is 0 Å². The summed E-state index contributed by atoms with van der Waals surface area (Å²) in [6, 6.07) is 0. The average Bonchev–Trinajstić information content (AvgIpc) is 2.14. The minimum atomic E-state index is -4.49. The minimum absolute atomic E-state index is 0.336. The molecule has 0 saturated heterocycles. The molecule has 90 valence electrons. The van der Waals surface area contributed by atoms with Gasteiger partial charge in [-0.25, -0.2) is 0 Å². The fourth-order valence-electron chi connectivity index (χ4n) is 1.17. The molecule has 1 atom stereocenters. The zero-order valence-corrected chi connectivity index (χ0v) is 9.06. The summed E-state index contributed by atoms with van der Waals surface area (Å²) >= 11 is 0. The molecule has 0 amide bonds. The number of allylic oxidation sites excluding steroid dienone is 1. The molecule has 0 aliphatic heterocycles. The van der Waals surface area contributed by atoms with Crippen LogP contribution in [-0.2, 0) is 0 Å². The number of rotatable bonds is 7. The Morgan fingerprint density at radius 3 is 2.33 bits per heavy atom. The molecule has 0 heterocycles. The van der Waals surface area contributed by atoms with Crippen molar-refractivity contribution in [2.45, 2.75) is 57.7 Å². The molecule has 0 spiro atoms. The lowest BCUT2D eigenvalue weighted by molar-refractivity contribution is -0.202. The summed E-state index contributed by atoms with van der Waals surface area (Å²) in [6.45, 7) is 2.11. The van der Waals surface area contributed by atoms with Crippen LogP contribution in [0.3, 0.4) is 0 Å². The van der Waals surface area contributed by atoms with Crippen LogP contribution < -0.4 is 0 Å². The van der Waals surface area contributed by atoms with Crippen LogP contribution in [0.15, 0.2) is 12.2 Å². The van der Waals surface area contributed by atoms with E-state index in [9.17, 15) is 13.2 Å². The van der Waals surface area contributed by atoms with Gasteiger partial charge in [0.05, 0.1) is 0 Å². The van der Waals surface area contributed by atoms with Gasteiger partial charge >= 0.3 is 6.18 Å². The summed E-state index contributed by atoms with van der Waals surface area (Å²) < 4.78 is 35.5. The van der Waals surface area contributed by atoms with Gasteiger partial charge in [-0.3, -0.25) is 0 Å². The largest absolute Gasteiger partial charge is 0.414 e. The molecule has 0 bridgehead atoms. The van der Waals surface area contributed by atoms with Crippen molar-refractivity contribution in [3.63, 3.8) is 0 Å². The van der Waals surface area contributed by atoms with Gasteiger partial charge in [0.25, 0.3) is 0 Å². The van der Waals surface area contributed by atoms with E-state index in [1.54, 1.807) is 6.08 Å². The number of alkyl halides is 3. The number of hydrogen-bond acceptors (Lipinski definition) is 1. The zero-order valence-electron chi connectivity index (χ0n) is 9.06. The number of unbranched alkanes of at least 4 members (excludes halogenated alkanes) is 4. The van der Waals surface area contributed by atoms with Crippen molar-refractivity contribution in [1.29, 1.82) is 0 Å². The Labute approximate surface area is 89.0 Å². The summed E-state index contributed by atoms with van der Waals surface area (Å²) in [5, 5.41) is 8.65. The van der Waals surface area contributed by atoms with E-state index in [1.807, 2.05) is 0 Å². The summed E-state index contributed by atoms with van der Waals surface area (Å²) in [4.78, 5) is 0. The molecule has 1 nitrogen and oxygen atoms in total. The second-order valence-corrected chi connectivity index (χ2v) is 3.61. The highest BCUT2D eigenvalue weighted by Gasteiger charge is 2.36. The van der Waals surface area contributed by atoms with Gasteiger partial charge in [0.2, 0.25) is 0 Å². The third-order valence-electron chi connectivity index (χ3n) is 2.13. The molecule has 0 radical (unpaired) electrons. The van der Waals surface area contributed by atoms with Crippen LogP contribution in [0.25, 0.3) is 0 Å². The quantitative estimate of drug-likeness (QED) is 0.514. The number of halogens is 3. The van der Waals surface area contributed by atoms with E-state index in [0.717, 1.165) is 25.7 Å². The van der Waals surface area contributed by atoms with Gasteiger partial charge in [0.1, 0.15) is 0 Å². The number of aliphatic hydroxyl groups excluding tert-OH is 1. The Morgan fingerprint density at radius 2 is 1.80 bits per heavy atom. The maximum Gasteiger partial charge on any atom is 0.414 e. The lowest BCUT2D eigenvalue weighted by Gasteiger charge is -2.11. The van der Waals surface area contributed by atoms with Crippen LogP contribution >= 0.6 is 0 Å². The van der Waals surface area contributed by atoms with Crippen molar-refractivity contribution in [2.24, 2.45) is 0 Å². The normalized spacial score (nSPS) is 14.7. The summed E-state index contributed by atoms with van der Waals surface area (Å²) in [5.74, 6) is 0. The van der Waals surface area contributed by atoms with E-state index >= 15 is 0 Å². The predicted molar refractivity (Wildman–Crippen MR) is 54.6 cm³/mol. The van der Waals surface area contributed by atoms with Crippen LogP contribution in [0.2, 0.25) is 0 Å². The van der Waals surface area contributed by atoms with E-state index in [4.69, 9.17) is 5.11 Å². The van der Waals surface area contributed by atoms with Gasteiger partial charge in [-0.15, -0.1) is 0 Å². The predicted octanol–water partition coefficient (Wildman–Crippen LogP) is 3.83. The molecule has 0 aromatic rings. The smallest absolute Gasteiger partial charge is 0.383 e. The molecule has 0 aromatic heterocycles. The Morgan fingerprint density at radius 1 is 1.13 bits per heavy atom. The Kier molecular flexibility index (Phi) is 7.48. The molecule has 0 aliphatic rings. The zero-order chi connectivity index (χ0) is 11.7. The molecular weight excluding hydrogens is 205 g/mol. The molecule has 0 fully saturated rings. The molecular formula is C11H19F3O. The van der Waals surface area contributed by atoms with Crippen molar-refractivity contribution < 1.29 is 18.3 Å². The molecule has 0 aromatic carbocycles. The lowest BCUT2D eigenvalue weighted by Crippen LogP contribution is -2.27. The second kappa shape index (κ2) is 7.74. The minimum Gasteiger partial charge on any atom is -0.383 e. The van der Waals surface area contributed by atoms with Gasteiger partial charge in [-0.05, 0) is 12.8 Å². The fourth-order valence-corrected chi connectivity index (χ4v) is 1.17. The van der Waals surface area contributed by atoms with Crippen LogP contribution in [-0.4, -0.2) is 17.4 Å². The Balaban J connectivity index is 3.46. The topological polar surface area (TPSA) is 20.2 Å². The van der Waals surface area contributed by atoms with E-state index < -0.39 is 12.3 Å². The molecule has 0 aliphatic carbocycles. The van der Waals surface area contributed by atoms with Gasteiger partial charge in [0, 0.05) is 6.42 Å². The fraction of sp³-hybridized carbons (Fsp3) is 0.818. The van der Waals surface area contributed by atoms with Gasteiger partial charge in [0.15, 0.2) is 6.10 Å². The Hall–Kier alpha value is -0.510. The van der Waals surface area contributed by atoms with E-state index in [-0.39, 0.29) is 6.42 Å². The van der Waals surface area contributed by atoms with Crippen molar-refractivity contribution in [3.05, 3.63) is 12.2 Å². The lowest BCUT2D eigenvalue weighted by atomic mass is 10.1. The van der Waals surface area contributed by atoms with Gasteiger partial charge in [-0.2, -0.15) is 13.2 Å². The number of hydrogen-bond donors (Lipinski definition) is 1. The van der Waals surface area contributed by atoms with Crippen LogP contribution in [0.1, 0.15) is 45.4 Å². The number of aliphatic hydroxyl groups is 1. The second-order valence-electron chi connectivity index (χ2n) is 3.61. The molecule has 15 heavy (non-hydrogen) atoms. The highest BCUT2D eigenvalue weighted by Crippen LogP contribution is 2.22. The van der Waals surface area contributed by atoms with Gasteiger partial charge in [-0.1, -0.05) is 38.3 Å². The first-order valence-electron chi connectivity index (χ1n) is 5.38. The van der Waals surface area contributed by atoms with Crippen LogP contribution in [0, 0.1) is 0 Å². The first kappa shape index (κ1) is 14.5. The van der Waals surface area contributed by atoms with Crippen molar-refractivity contribution in [3.8, 4) is 0 Å². The standard InChI is InChI=1S/C11H19F3O/c1-2-3-4-5-6-7-8-9-10(15)11(12,13)14/h7-8,10,15H,2-6,9H2,1H3/b8-7+. The first-order chi connectivity index (χ1) is 6.98. The third-order valence-corrected chi connectivity index (χ3v) is 2.13. The average molecular weight is 224 g/mol. The SMILES string of the molecule is CCCCCC/C=C/CC(O)C(F)(F)F. The van der Waals surface area contributed by atoms with Crippen LogP contribution in [0.5, 0.6) is 0 Å². The summed E-state index contributed by atoms with van der Waals surface area (Å²) in [6.07, 6.45) is 1.30. The van der Waals surface area contributed by atoms with Crippen LogP contribution in [0.4, 0.5) is 13.2 Å². The highest BCUT2D eigenvalue weighted by atomic mass is 19.4. The monoisotopic (exact) mass is 224 g/mol. The van der Waals surface area contributed by atoms with Gasteiger partial charge < -0.3 is 5.11 Å². The maximum absolute atomic E-state index is 11.8. The van der Waals surface area contributed by atoms with Crippen molar-refractivity contribution in [2.75, 3.05) is 0 Å². The van der Waals surface area contributed by atoms with E-state index in [1.165, 1.54) is 12.5 Å². The molecule has 0 saturated carbocycles. The summed E-state index contributed by atoms with van der Waals surface area (Å²) in [7, 11) is 0. The molecule has 1 N–H and O–H groups in total. The van der Waals surface area contributed by atoms with Crippen molar-refractivity contribution in [1.82, 2.24) is 0 Å². The highest BCUT2D eigenvalue weighted by molar-refractivity contribution is 4.85. The van der Waals surface area contributed by atoms with E-state index in [2.05, 4.69) is 6.92 Å². The Bertz CT molecular complexity index is 175.